The number of benzene rings is 1. The number of nitrogens with zero attached hydrogens (tertiary/aromatic N) is 1. The van der Waals surface area contributed by atoms with E-state index in [0.29, 0.717) is 38.2 Å². The van der Waals surface area contributed by atoms with Gasteiger partial charge in [0.1, 0.15) is 0 Å². The Morgan fingerprint density at radius 1 is 1.13 bits per heavy atom. The van der Waals surface area contributed by atoms with Crippen molar-refractivity contribution in [3.8, 4) is 0 Å². The Morgan fingerprint density at radius 3 is 2.30 bits per heavy atom. The van der Waals surface area contributed by atoms with E-state index in [1.165, 1.54) is 0 Å². The molecule has 0 radical (unpaired) electrons. The maximum atomic E-state index is 13.4. The first kappa shape index (κ1) is 16.6. The molecule has 2 saturated heterocycles. The summed E-state index contributed by atoms with van der Waals surface area (Å²) in [5, 5.41) is 0. The summed E-state index contributed by atoms with van der Waals surface area (Å²) < 4.78 is 52.0. The fourth-order valence-corrected chi connectivity index (χ4v) is 3.52. The molecule has 2 aliphatic heterocycles. The molecule has 23 heavy (non-hydrogen) atoms. The first-order chi connectivity index (χ1) is 10.9. The monoisotopic (exact) mass is 329 g/mol. The lowest BCUT2D eigenvalue weighted by atomic mass is 10.0. The van der Waals surface area contributed by atoms with E-state index in [2.05, 4.69) is 13.8 Å². The van der Waals surface area contributed by atoms with Crippen LogP contribution in [0.25, 0.3) is 0 Å². The van der Waals surface area contributed by atoms with Gasteiger partial charge in [-0.3, -0.25) is 0 Å². The van der Waals surface area contributed by atoms with E-state index in [0.717, 1.165) is 25.0 Å². The van der Waals surface area contributed by atoms with Crippen molar-refractivity contribution in [1.29, 1.82) is 0 Å². The highest BCUT2D eigenvalue weighted by Crippen LogP contribution is 2.41. The van der Waals surface area contributed by atoms with Crippen LogP contribution in [-0.2, 0) is 9.47 Å². The molecule has 2 fully saturated rings. The average Bonchev–Trinajstić information content (AvgIpc) is 2.82. The quantitative estimate of drug-likeness (QED) is 0.782. The second-order valence-corrected chi connectivity index (χ2v) is 6.71. The van der Waals surface area contributed by atoms with Gasteiger partial charge in [-0.15, -0.1) is 0 Å². The minimum atomic E-state index is -1.43. The molecule has 0 saturated carbocycles. The Bertz CT molecular complexity index is 564. The SMILES string of the molecule is CCCC1(C)COC2(CCN(c3cc(F)c(F)c(F)c3)CC2)O1. The maximum absolute atomic E-state index is 13.4. The van der Waals surface area contributed by atoms with Crippen LogP contribution in [0.15, 0.2) is 12.1 Å². The molecule has 3 nitrogen and oxygen atoms in total. The smallest absolute Gasteiger partial charge is 0.194 e. The fourth-order valence-electron chi connectivity index (χ4n) is 3.52. The molecular formula is C17H22F3NO2. The van der Waals surface area contributed by atoms with Gasteiger partial charge in [0.2, 0.25) is 0 Å². The topological polar surface area (TPSA) is 21.7 Å². The Balaban J connectivity index is 1.67. The number of hydrogen-bond donors (Lipinski definition) is 0. The minimum Gasteiger partial charge on any atom is -0.371 e. The van der Waals surface area contributed by atoms with Crippen molar-refractivity contribution in [3.63, 3.8) is 0 Å². The third-order valence-electron chi connectivity index (χ3n) is 4.71. The van der Waals surface area contributed by atoms with E-state index in [-0.39, 0.29) is 5.60 Å². The van der Waals surface area contributed by atoms with E-state index in [1.807, 2.05) is 4.90 Å². The third kappa shape index (κ3) is 3.19. The first-order valence-corrected chi connectivity index (χ1v) is 8.10. The van der Waals surface area contributed by atoms with Crippen molar-refractivity contribution in [3.05, 3.63) is 29.6 Å². The number of halogens is 3. The molecule has 1 atom stereocenters. The summed E-state index contributed by atoms with van der Waals surface area (Å²) in [5.74, 6) is -4.36. The van der Waals surface area contributed by atoms with Crippen LogP contribution in [0, 0.1) is 17.5 Å². The number of hydrogen-bond acceptors (Lipinski definition) is 3. The largest absolute Gasteiger partial charge is 0.371 e. The van der Waals surface area contributed by atoms with Gasteiger partial charge >= 0.3 is 0 Å². The van der Waals surface area contributed by atoms with E-state index in [9.17, 15) is 13.2 Å². The van der Waals surface area contributed by atoms with Gasteiger partial charge in [-0.1, -0.05) is 13.3 Å². The van der Waals surface area contributed by atoms with Crippen LogP contribution in [0.2, 0.25) is 0 Å². The van der Waals surface area contributed by atoms with Crippen LogP contribution in [0.4, 0.5) is 18.9 Å². The first-order valence-electron chi connectivity index (χ1n) is 8.10. The highest BCUT2D eigenvalue weighted by atomic mass is 19.2. The van der Waals surface area contributed by atoms with Crippen LogP contribution in [0.3, 0.4) is 0 Å². The second-order valence-electron chi connectivity index (χ2n) is 6.71. The molecule has 128 valence electrons. The molecule has 3 rings (SSSR count). The summed E-state index contributed by atoms with van der Waals surface area (Å²) in [4.78, 5) is 1.83. The summed E-state index contributed by atoms with van der Waals surface area (Å²) in [6.45, 7) is 5.84. The fraction of sp³-hybridized carbons (Fsp3) is 0.647. The lowest BCUT2D eigenvalue weighted by molar-refractivity contribution is -0.196. The van der Waals surface area contributed by atoms with Crippen LogP contribution in [-0.4, -0.2) is 31.1 Å². The molecule has 6 heteroatoms. The molecule has 0 N–H and O–H groups in total. The van der Waals surface area contributed by atoms with E-state index < -0.39 is 23.2 Å². The highest BCUT2D eigenvalue weighted by Gasteiger charge is 2.48. The number of anilines is 1. The molecule has 1 aromatic carbocycles. The van der Waals surface area contributed by atoms with E-state index in [1.54, 1.807) is 0 Å². The van der Waals surface area contributed by atoms with Gasteiger partial charge in [0.25, 0.3) is 0 Å². The van der Waals surface area contributed by atoms with E-state index >= 15 is 0 Å². The molecule has 0 aliphatic carbocycles. The second kappa shape index (κ2) is 5.98. The molecular weight excluding hydrogens is 307 g/mol. The zero-order valence-electron chi connectivity index (χ0n) is 13.5. The van der Waals surface area contributed by atoms with Crippen molar-refractivity contribution in [2.24, 2.45) is 0 Å². The Kier molecular flexibility index (Phi) is 4.31. The third-order valence-corrected chi connectivity index (χ3v) is 4.71. The normalized spacial score (nSPS) is 26.9. The Labute approximate surface area is 134 Å². The van der Waals surface area contributed by atoms with Gasteiger partial charge in [-0.25, -0.2) is 13.2 Å². The molecule has 1 aromatic rings. The summed E-state index contributed by atoms with van der Waals surface area (Å²) in [6, 6.07) is 2.07. The van der Waals surface area contributed by atoms with Crippen molar-refractivity contribution in [1.82, 2.24) is 0 Å². The molecule has 1 unspecified atom stereocenters. The maximum Gasteiger partial charge on any atom is 0.194 e. The highest BCUT2D eigenvalue weighted by molar-refractivity contribution is 5.47. The van der Waals surface area contributed by atoms with Crippen LogP contribution >= 0.6 is 0 Å². The van der Waals surface area contributed by atoms with Crippen LogP contribution in [0.5, 0.6) is 0 Å². The van der Waals surface area contributed by atoms with Gasteiger partial charge in [0.15, 0.2) is 23.2 Å². The summed E-state index contributed by atoms with van der Waals surface area (Å²) in [6.07, 6.45) is 3.20. The Morgan fingerprint density at radius 2 is 1.74 bits per heavy atom. The average molecular weight is 329 g/mol. The van der Waals surface area contributed by atoms with Crippen molar-refractivity contribution < 1.29 is 22.6 Å². The lowest BCUT2D eigenvalue weighted by Crippen LogP contribution is -2.46. The van der Waals surface area contributed by atoms with Gasteiger partial charge in [0, 0.05) is 43.8 Å². The van der Waals surface area contributed by atoms with Crippen LogP contribution in [0.1, 0.15) is 39.5 Å². The summed E-state index contributed by atoms with van der Waals surface area (Å²) >= 11 is 0. The van der Waals surface area contributed by atoms with Crippen LogP contribution < -0.4 is 4.90 Å². The zero-order valence-corrected chi connectivity index (χ0v) is 13.5. The Hall–Kier alpha value is -1.27. The number of ether oxygens (including phenoxy) is 2. The summed E-state index contributed by atoms with van der Waals surface area (Å²) in [7, 11) is 0. The lowest BCUT2D eigenvalue weighted by Gasteiger charge is -2.40. The van der Waals surface area contributed by atoms with E-state index in [4.69, 9.17) is 9.47 Å². The zero-order chi connectivity index (χ0) is 16.7. The van der Waals surface area contributed by atoms with Crippen molar-refractivity contribution >= 4 is 5.69 Å². The number of rotatable bonds is 3. The number of piperidine rings is 1. The molecule has 0 bridgehead atoms. The molecule has 2 aliphatic rings. The van der Waals surface area contributed by atoms with Gasteiger partial charge in [-0.05, 0) is 13.3 Å². The van der Waals surface area contributed by atoms with Crippen molar-refractivity contribution in [2.45, 2.75) is 50.9 Å². The molecule has 2 heterocycles. The molecule has 1 spiro atoms. The molecule has 0 amide bonds. The summed E-state index contributed by atoms with van der Waals surface area (Å²) in [5.41, 5.74) is 0.0935. The minimum absolute atomic E-state index is 0.259. The predicted molar refractivity (Wildman–Crippen MR) is 80.8 cm³/mol. The van der Waals surface area contributed by atoms with Gasteiger partial charge < -0.3 is 14.4 Å². The standard InChI is InChI=1S/C17H22F3NO2/c1-3-4-16(2)11-22-17(23-16)5-7-21(8-6-17)12-9-13(18)15(20)14(19)10-12/h9-10H,3-8,11H2,1-2H3. The van der Waals surface area contributed by atoms with Gasteiger partial charge in [-0.2, -0.15) is 0 Å². The predicted octanol–water partition coefficient (Wildman–Crippen LogP) is 4.01. The van der Waals surface area contributed by atoms with Crippen molar-refractivity contribution in [2.75, 3.05) is 24.6 Å². The van der Waals surface area contributed by atoms with Gasteiger partial charge in [0.05, 0.1) is 12.2 Å². The molecule has 0 aromatic heterocycles.